The molecule has 19 heavy (non-hydrogen) atoms. The molecular weight excluding hydrogens is 264 g/mol. The van der Waals surface area contributed by atoms with Crippen LogP contribution >= 0.6 is 11.3 Å². The molecule has 1 aliphatic heterocycles. The molecule has 1 aromatic heterocycles. The second-order valence-electron chi connectivity index (χ2n) is 4.85. The molecule has 0 unspecified atom stereocenters. The lowest BCUT2D eigenvalue weighted by Crippen LogP contribution is -2.44. The quantitative estimate of drug-likeness (QED) is 0.865. The van der Waals surface area contributed by atoms with Crippen molar-refractivity contribution in [1.29, 1.82) is 0 Å². The fourth-order valence-corrected chi connectivity index (χ4v) is 2.98. The smallest absolute Gasteiger partial charge is 0.317 e. The number of fused-ring (bicyclic) bond motifs is 1. The van der Waals surface area contributed by atoms with Gasteiger partial charge >= 0.3 is 6.03 Å². The summed E-state index contributed by atoms with van der Waals surface area (Å²) >= 11 is 1.44. The number of anilines is 1. The lowest BCUT2D eigenvalue weighted by Gasteiger charge is -2.27. The van der Waals surface area contributed by atoms with Crippen molar-refractivity contribution < 1.29 is 9.59 Å². The fraction of sp³-hybridized carbons (Fsp3) is 0.583. The Morgan fingerprint density at radius 2 is 2.16 bits per heavy atom. The van der Waals surface area contributed by atoms with Gasteiger partial charge in [-0.15, -0.1) is 0 Å². The van der Waals surface area contributed by atoms with Gasteiger partial charge in [0.2, 0.25) is 5.91 Å². The molecule has 2 N–H and O–H groups in total. The maximum absolute atomic E-state index is 11.9. The highest BCUT2D eigenvalue weighted by atomic mass is 32.1. The number of hydrogen-bond donors (Lipinski definition) is 2. The minimum atomic E-state index is -0.125. The molecule has 104 valence electrons. The highest BCUT2D eigenvalue weighted by molar-refractivity contribution is 7.15. The van der Waals surface area contributed by atoms with Crippen molar-refractivity contribution in [3.8, 4) is 0 Å². The van der Waals surface area contributed by atoms with Crippen LogP contribution in [0.1, 0.15) is 31.3 Å². The molecule has 0 saturated heterocycles. The second kappa shape index (κ2) is 5.56. The Labute approximate surface area is 116 Å². The van der Waals surface area contributed by atoms with Gasteiger partial charge in [-0.1, -0.05) is 11.3 Å². The minimum Gasteiger partial charge on any atom is -0.336 e. The number of nitrogens with zero attached hydrogens (tertiary/aromatic N) is 2. The van der Waals surface area contributed by atoms with Gasteiger partial charge in [0, 0.05) is 30.8 Å². The number of nitrogens with one attached hydrogen (secondary N) is 2. The number of carbonyl (C=O) groups excluding carboxylic acids is 2. The van der Waals surface area contributed by atoms with E-state index in [-0.39, 0.29) is 18.0 Å². The molecule has 0 aliphatic carbocycles. The van der Waals surface area contributed by atoms with Gasteiger partial charge in [0.1, 0.15) is 0 Å². The minimum absolute atomic E-state index is 0.0462. The molecule has 7 heteroatoms. The molecule has 0 bridgehead atoms. The third-order valence-corrected chi connectivity index (χ3v) is 3.71. The van der Waals surface area contributed by atoms with Crippen LogP contribution in [0.2, 0.25) is 0 Å². The first-order valence-corrected chi connectivity index (χ1v) is 7.09. The number of aromatic nitrogens is 1. The fourth-order valence-electron chi connectivity index (χ4n) is 1.91. The molecule has 3 amide bonds. The third-order valence-electron chi connectivity index (χ3n) is 2.71. The van der Waals surface area contributed by atoms with Gasteiger partial charge in [-0.25, -0.2) is 9.78 Å². The maximum atomic E-state index is 11.9. The van der Waals surface area contributed by atoms with E-state index < -0.39 is 0 Å². The number of rotatable bonds is 2. The van der Waals surface area contributed by atoms with Crippen LogP contribution in [0.5, 0.6) is 0 Å². The summed E-state index contributed by atoms with van der Waals surface area (Å²) in [4.78, 5) is 30.1. The van der Waals surface area contributed by atoms with Crippen LogP contribution < -0.4 is 10.6 Å². The van der Waals surface area contributed by atoms with Crippen molar-refractivity contribution >= 4 is 28.4 Å². The van der Waals surface area contributed by atoms with Crippen molar-refractivity contribution in [3.63, 3.8) is 0 Å². The number of hydrogen-bond acceptors (Lipinski definition) is 4. The summed E-state index contributed by atoms with van der Waals surface area (Å²) in [6.45, 7) is 6.56. The molecule has 0 radical (unpaired) electrons. The van der Waals surface area contributed by atoms with E-state index in [4.69, 9.17) is 0 Å². The Hall–Kier alpha value is -1.63. The molecule has 0 saturated carbocycles. The van der Waals surface area contributed by atoms with Gasteiger partial charge in [0.15, 0.2) is 5.13 Å². The van der Waals surface area contributed by atoms with Crippen molar-refractivity contribution in [3.05, 3.63) is 10.6 Å². The van der Waals surface area contributed by atoms with Crippen LogP contribution in [0, 0.1) is 0 Å². The molecule has 0 atom stereocenters. The average Bonchev–Trinajstić information content (AvgIpc) is 2.67. The first kappa shape index (κ1) is 13.8. The number of urea groups is 1. The van der Waals surface area contributed by atoms with Crippen LogP contribution in [0.4, 0.5) is 9.93 Å². The van der Waals surface area contributed by atoms with Crippen LogP contribution in [0.25, 0.3) is 0 Å². The zero-order valence-electron chi connectivity index (χ0n) is 11.3. The van der Waals surface area contributed by atoms with Gasteiger partial charge in [0.25, 0.3) is 0 Å². The van der Waals surface area contributed by atoms with Gasteiger partial charge in [0.05, 0.1) is 12.2 Å². The standard InChI is InChI=1S/C12H18N4O2S/c1-7(2)13-12(18)16-5-4-9-10(6-16)19-11(15-9)14-8(3)17/h7H,4-6H2,1-3H3,(H,13,18)(H,14,15,17). The Balaban J connectivity index is 2.05. The zero-order valence-corrected chi connectivity index (χ0v) is 12.1. The first-order valence-electron chi connectivity index (χ1n) is 6.27. The summed E-state index contributed by atoms with van der Waals surface area (Å²) in [6.07, 6.45) is 0.733. The van der Waals surface area contributed by atoms with Crippen LogP contribution in [-0.4, -0.2) is 34.4 Å². The van der Waals surface area contributed by atoms with Crippen molar-refractivity contribution in [2.75, 3.05) is 11.9 Å². The topological polar surface area (TPSA) is 74.3 Å². The second-order valence-corrected chi connectivity index (χ2v) is 5.93. The maximum Gasteiger partial charge on any atom is 0.317 e. The van der Waals surface area contributed by atoms with Crippen molar-refractivity contribution in [1.82, 2.24) is 15.2 Å². The van der Waals surface area contributed by atoms with Crippen LogP contribution in [-0.2, 0) is 17.8 Å². The summed E-state index contributed by atoms with van der Waals surface area (Å²) in [7, 11) is 0. The molecule has 6 nitrogen and oxygen atoms in total. The van der Waals surface area contributed by atoms with Gasteiger partial charge in [-0.2, -0.15) is 0 Å². The lowest BCUT2D eigenvalue weighted by atomic mass is 10.2. The summed E-state index contributed by atoms with van der Waals surface area (Å²) in [6, 6.07) is 0.0837. The van der Waals surface area contributed by atoms with E-state index in [0.29, 0.717) is 18.2 Å². The Kier molecular flexibility index (Phi) is 4.04. The lowest BCUT2D eigenvalue weighted by molar-refractivity contribution is -0.114. The number of thiazole rings is 1. The molecule has 0 aromatic carbocycles. The van der Waals surface area contributed by atoms with Gasteiger partial charge in [-0.3, -0.25) is 4.79 Å². The molecular formula is C12H18N4O2S. The summed E-state index contributed by atoms with van der Waals surface area (Å²) < 4.78 is 0. The van der Waals surface area contributed by atoms with Crippen molar-refractivity contribution in [2.45, 2.75) is 39.8 Å². The van der Waals surface area contributed by atoms with Gasteiger partial charge in [-0.05, 0) is 13.8 Å². The molecule has 1 aromatic rings. The summed E-state index contributed by atoms with van der Waals surface area (Å²) in [5, 5.41) is 6.19. The Morgan fingerprint density at radius 1 is 1.42 bits per heavy atom. The predicted octanol–water partition coefficient (Wildman–Crippen LogP) is 1.58. The zero-order chi connectivity index (χ0) is 14.0. The van der Waals surface area contributed by atoms with E-state index in [1.54, 1.807) is 4.90 Å². The van der Waals surface area contributed by atoms with E-state index in [2.05, 4.69) is 15.6 Å². The largest absolute Gasteiger partial charge is 0.336 e. The normalized spacial score (nSPS) is 14.2. The van der Waals surface area contributed by atoms with Crippen LogP contribution in [0.15, 0.2) is 0 Å². The molecule has 0 spiro atoms. The molecule has 0 fully saturated rings. The number of amides is 3. The SMILES string of the molecule is CC(=O)Nc1nc2c(s1)CN(C(=O)NC(C)C)CC2. The third kappa shape index (κ3) is 3.44. The Bertz CT molecular complexity index is 498. The van der Waals surface area contributed by atoms with E-state index in [1.165, 1.54) is 18.3 Å². The highest BCUT2D eigenvalue weighted by Gasteiger charge is 2.24. The Morgan fingerprint density at radius 3 is 2.79 bits per heavy atom. The number of carbonyl (C=O) groups is 2. The average molecular weight is 282 g/mol. The monoisotopic (exact) mass is 282 g/mol. The summed E-state index contributed by atoms with van der Waals surface area (Å²) in [5.41, 5.74) is 0.988. The van der Waals surface area contributed by atoms with Crippen LogP contribution in [0.3, 0.4) is 0 Å². The molecule has 2 heterocycles. The van der Waals surface area contributed by atoms with Crippen molar-refractivity contribution in [2.24, 2.45) is 0 Å². The van der Waals surface area contributed by atoms with E-state index in [0.717, 1.165) is 17.0 Å². The predicted molar refractivity (Wildman–Crippen MR) is 74.2 cm³/mol. The van der Waals surface area contributed by atoms with E-state index in [1.807, 2.05) is 13.8 Å². The van der Waals surface area contributed by atoms with Gasteiger partial charge < -0.3 is 15.5 Å². The van der Waals surface area contributed by atoms with E-state index >= 15 is 0 Å². The van der Waals surface area contributed by atoms with E-state index in [9.17, 15) is 9.59 Å². The molecule has 2 rings (SSSR count). The highest BCUT2D eigenvalue weighted by Crippen LogP contribution is 2.28. The first-order chi connectivity index (χ1) is 8.95. The molecule has 1 aliphatic rings. The summed E-state index contributed by atoms with van der Waals surface area (Å²) in [5.74, 6) is -0.125.